The van der Waals surface area contributed by atoms with Gasteiger partial charge in [0.25, 0.3) is 0 Å². The number of anilines is 1. The molecule has 1 heterocycles. The lowest BCUT2D eigenvalue weighted by molar-refractivity contribution is 0.359. The number of nitrogens with one attached hydrogen (secondary N) is 1. The van der Waals surface area contributed by atoms with Crippen molar-refractivity contribution in [3.05, 3.63) is 170 Å². The van der Waals surface area contributed by atoms with Gasteiger partial charge in [0, 0.05) is 28.2 Å². The molecule has 0 aliphatic rings. The second-order valence-electron chi connectivity index (χ2n) is 14.5. The van der Waals surface area contributed by atoms with Crippen molar-refractivity contribution < 1.29 is 0 Å². The number of para-hydroxylation sites is 1. The minimum atomic E-state index is 0.184. The minimum Gasteiger partial charge on any atom is -0.382 e. The number of hydrogen-bond acceptors (Lipinski definition) is 1. The van der Waals surface area contributed by atoms with E-state index in [0.717, 1.165) is 12.1 Å². The molecule has 55 heavy (non-hydrogen) atoms. The Morgan fingerprint density at radius 1 is 0.564 bits per heavy atom. The summed E-state index contributed by atoms with van der Waals surface area (Å²) in [5.74, 6) is 0. The molecule has 7 aromatic rings. The number of rotatable bonds is 7. The van der Waals surface area contributed by atoms with Gasteiger partial charge < -0.3 is 9.88 Å². The highest BCUT2D eigenvalue weighted by Crippen LogP contribution is 2.36. The molecule has 0 saturated heterocycles. The van der Waals surface area contributed by atoms with Crippen LogP contribution < -0.4 is 5.32 Å². The summed E-state index contributed by atoms with van der Waals surface area (Å²) in [6, 6.07) is 44.8. The molecule has 1 N–H and O–H groups in total. The first-order chi connectivity index (χ1) is 26.7. The van der Waals surface area contributed by atoms with Gasteiger partial charge >= 0.3 is 0 Å². The Labute approximate surface area is 331 Å². The monoisotopic (exact) mass is 726 g/mol. The maximum absolute atomic E-state index is 3.73. The zero-order valence-corrected chi connectivity index (χ0v) is 34.9. The number of benzene rings is 6. The summed E-state index contributed by atoms with van der Waals surface area (Å²) in [6.45, 7) is 21.2. The van der Waals surface area contributed by atoms with Gasteiger partial charge in [0.2, 0.25) is 0 Å². The van der Waals surface area contributed by atoms with Gasteiger partial charge in [-0.2, -0.15) is 0 Å². The van der Waals surface area contributed by atoms with Gasteiger partial charge in [-0.05, 0) is 115 Å². The van der Waals surface area contributed by atoms with Crippen LogP contribution in [0.1, 0.15) is 75.7 Å². The number of nitrogens with zero attached hydrogens (tertiary/aromatic N) is 1. The molecule has 1 atom stereocenters. The summed E-state index contributed by atoms with van der Waals surface area (Å²) in [4.78, 5) is 0. The molecule has 1 unspecified atom stereocenters. The molecule has 0 spiro atoms. The molecule has 0 bridgehead atoms. The predicted molar refractivity (Wildman–Crippen MR) is 249 cm³/mol. The molecule has 284 valence electrons. The summed E-state index contributed by atoms with van der Waals surface area (Å²) < 4.78 is 2.39. The molecular formula is C53H62N2. The van der Waals surface area contributed by atoms with Crippen molar-refractivity contribution in [2.45, 2.75) is 81.7 Å². The van der Waals surface area contributed by atoms with Crippen molar-refractivity contribution in [2.75, 3.05) is 5.32 Å². The lowest BCUT2D eigenvalue weighted by atomic mass is 9.88. The van der Waals surface area contributed by atoms with Crippen molar-refractivity contribution in [2.24, 2.45) is 5.41 Å². The van der Waals surface area contributed by atoms with Crippen LogP contribution in [0.2, 0.25) is 0 Å². The van der Waals surface area contributed by atoms with Crippen molar-refractivity contribution in [1.29, 1.82) is 0 Å². The van der Waals surface area contributed by atoms with Gasteiger partial charge in [-0.1, -0.05) is 169 Å². The average molecular weight is 727 g/mol. The van der Waals surface area contributed by atoms with Gasteiger partial charge in [-0.3, -0.25) is 0 Å². The van der Waals surface area contributed by atoms with Crippen LogP contribution in [0.15, 0.2) is 170 Å². The lowest BCUT2D eigenvalue weighted by Crippen LogP contribution is -2.30. The molecule has 0 amide bonds. The second-order valence-corrected chi connectivity index (χ2v) is 14.5. The highest BCUT2D eigenvalue weighted by atomic mass is 15.0. The second kappa shape index (κ2) is 20.7. The summed E-state index contributed by atoms with van der Waals surface area (Å²) in [6.07, 6.45) is 17.4. The fourth-order valence-corrected chi connectivity index (χ4v) is 6.35. The van der Waals surface area contributed by atoms with Gasteiger partial charge in [-0.15, -0.1) is 0 Å². The van der Waals surface area contributed by atoms with E-state index in [2.05, 4.69) is 178 Å². The van der Waals surface area contributed by atoms with Crippen LogP contribution >= 0.6 is 0 Å². The molecule has 6 aromatic carbocycles. The van der Waals surface area contributed by atoms with E-state index >= 15 is 0 Å². The smallest absolute Gasteiger partial charge is 0.0542 e. The Kier molecular flexibility index (Phi) is 15.9. The Balaban J connectivity index is 0.000000384. The molecule has 0 fully saturated rings. The van der Waals surface area contributed by atoms with E-state index in [0.29, 0.717) is 6.04 Å². The number of aromatic nitrogens is 1. The zero-order valence-electron chi connectivity index (χ0n) is 34.9. The van der Waals surface area contributed by atoms with E-state index < -0.39 is 0 Å². The number of hydrogen-bond donors (Lipinski definition) is 1. The molecule has 0 radical (unpaired) electrons. The molecule has 0 saturated carbocycles. The van der Waals surface area contributed by atoms with E-state index in [1.807, 2.05) is 71.1 Å². The molecule has 1 aromatic heterocycles. The van der Waals surface area contributed by atoms with Crippen LogP contribution in [-0.2, 0) is 0 Å². The molecule has 0 aliphatic heterocycles. The zero-order chi connectivity index (χ0) is 39.8. The normalized spacial score (nSPS) is 12.3. The van der Waals surface area contributed by atoms with E-state index in [9.17, 15) is 0 Å². The third kappa shape index (κ3) is 10.8. The Hall–Kier alpha value is -5.60. The maximum atomic E-state index is 3.73. The number of allylic oxidation sites excluding steroid dienone is 8. The van der Waals surface area contributed by atoms with E-state index in [1.165, 1.54) is 60.2 Å². The summed E-state index contributed by atoms with van der Waals surface area (Å²) >= 11 is 0. The fraction of sp³-hybridized carbons (Fsp3) is 0.245. The first-order valence-electron chi connectivity index (χ1n) is 20.0. The van der Waals surface area contributed by atoms with Crippen molar-refractivity contribution >= 4 is 49.0 Å². The van der Waals surface area contributed by atoms with Gasteiger partial charge in [0.05, 0.1) is 11.0 Å². The Morgan fingerprint density at radius 3 is 1.78 bits per heavy atom. The van der Waals surface area contributed by atoms with Crippen molar-refractivity contribution in [3.8, 4) is 16.8 Å². The highest BCUT2D eigenvalue weighted by Gasteiger charge is 2.20. The van der Waals surface area contributed by atoms with Crippen LogP contribution in [0.25, 0.3) is 60.2 Å². The molecule has 7 rings (SSSR count). The average Bonchev–Trinajstić information content (AvgIpc) is 3.54. The van der Waals surface area contributed by atoms with Gasteiger partial charge in [-0.25, -0.2) is 0 Å². The SMILES string of the molecule is C/C=C\C=C/C.C/C=C\C=C/CC.CC.CC(Nc1ccc2c(c1)c1ccccc1n2-c1ccc(-c2ccc3c(ccc4ccccc43)c2)cc1)C(C)(C)C. The third-order valence-corrected chi connectivity index (χ3v) is 9.73. The summed E-state index contributed by atoms with van der Waals surface area (Å²) in [5, 5.41) is 11.4. The fourth-order valence-electron chi connectivity index (χ4n) is 6.35. The minimum absolute atomic E-state index is 0.184. The first kappa shape index (κ1) is 42.1. The Bertz CT molecular complexity index is 2360. The first-order valence-corrected chi connectivity index (χ1v) is 20.0. The van der Waals surface area contributed by atoms with E-state index in [4.69, 9.17) is 0 Å². The predicted octanol–water partition coefficient (Wildman–Crippen LogP) is 16.3. The lowest BCUT2D eigenvalue weighted by Gasteiger charge is -2.29. The largest absolute Gasteiger partial charge is 0.382 e. The van der Waals surface area contributed by atoms with Crippen molar-refractivity contribution in [3.63, 3.8) is 0 Å². The highest BCUT2D eigenvalue weighted by molar-refractivity contribution is 6.10. The summed E-state index contributed by atoms with van der Waals surface area (Å²) in [5.41, 5.74) is 7.43. The molecule has 2 nitrogen and oxygen atoms in total. The van der Waals surface area contributed by atoms with Gasteiger partial charge in [0.15, 0.2) is 0 Å². The van der Waals surface area contributed by atoms with Crippen LogP contribution in [0.3, 0.4) is 0 Å². The van der Waals surface area contributed by atoms with Crippen LogP contribution in [0, 0.1) is 5.41 Å². The van der Waals surface area contributed by atoms with Crippen LogP contribution in [-0.4, -0.2) is 10.6 Å². The summed E-state index contributed by atoms with van der Waals surface area (Å²) in [7, 11) is 0. The number of fused-ring (bicyclic) bond motifs is 6. The quantitative estimate of drug-likeness (QED) is 0.128. The third-order valence-electron chi connectivity index (χ3n) is 9.73. The van der Waals surface area contributed by atoms with Crippen LogP contribution in [0.4, 0.5) is 5.69 Å². The Morgan fingerprint density at radius 2 is 1.13 bits per heavy atom. The maximum Gasteiger partial charge on any atom is 0.0542 e. The van der Waals surface area contributed by atoms with E-state index in [-0.39, 0.29) is 5.41 Å². The van der Waals surface area contributed by atoms with E-state index in [1.54, 1.807) is 0 Å². The molecule has 0 aliphatic carbocycles. The van der Waals surface area contributed by atoms with Gasteiger partial charge in [0.1, 0.15) is 0 Å². The standard InChI is InChI=1S/C38H34N2.C7H12.C6H10.C2H6/c1-25(38(2,3)4)39-30-18-22-37-35(24-30)34-11-7-8-12-36(34)40(37)31-19-15-26(16-20-31)28-17-21-33-29(23-28)14-13-27-9-5-6-10-32(27)33;1-3-5-7-6-4-2;1-3-5-6-4-2;1-2/h5-25,39H,1-4H3;3,5-7H,4H2,1-2H3;3-6H,1-2H3;1-2H3/b;5-3-,7-6-;5-3-,6-4-;. The molecule has 2 heteroatoms. The van der Waals surface area contributed by atoms with Crippen molar-refractivity contribution in [1.82, 2.24) is 4.57 Å². The molecular weight excluding hydrogens is 665 g/mol. The van der Waals surface area contributed by atoms with Crippen LogP contribution in [0.5, 0.6) is 0 Å². The topological polar surface area (TPSA) is 17.0 Å².